The quantitative estimate of drug-likeness (QED) is 0.275. The second-order valence-electron chi connectivity index (χ2n) is 7.33. The lowest BCUT2D eigenvalue weighted by atomic mass is 10.1. The molecule has 0 unspecified atom stereocenters. The van der Waals surface area contributed by atoms with Gasteiger partial charge < -0.3 is 0 Å². The molecule has 0 saturated carbocycles. The fraction of sp³-hybridized carbons (Fsp3) is 0.167. The van der Waals surface area contributed by atoms with Gasteiger partial charge in [-0.05, 0) is 49.2 Å². The number of aryl methyl sites for hydroxylation is 2. The fourth-order valence-corrected chi connectivity index (χ4v) is 4.41. The molecule has 0 fully saturated rings. The molecule has 0 atom stereocenters. The molecule has 4 rings (SSSR count). The normalized spacial score (nSPS) is 11.8. The highest BCUT2D eigenvalue weighted by molar-refractivity contribution is 7.98. The van der Waals surface area contributed by atoms with Crippen LogP contribution in [0.25, 0.3) is 16.6 Å². The Morgan fingerprint density at radius 1 is 0.968 bits per heavy atom. The Kier molecular flexibility index (Phi) is 5.62. The van der Waals surface area contributed by atoms with Gasteiger partial charge in [-0.15, -0.1) is 0 Å². The Balaban J connectivity index is 1.81. The Hall–Kier alpha value is -3.06. The van der Waals surface area contributed by atoms with Crippen molar-refractivity contribution < 1.29 is 13.2 Å². The predicted octanol–water partition coefficient (Wildman–Crippen LogP) is 6.31. The molecule has 0 spiro atoms. The van der Waals surface area contributed by atoms with Gasteiger partial charge in [-0.25, -0.2) is 4.98 Å². The van der Waals surface area contributed by atoms with Crippen molar-refractivity contribution in [2.45, 2.75) is 30.9 Å². The number of para-hydroxylation sites is 1. The number of rotatable bonds is 4. The first-order valence-electron chi connectivity index (χ1n) is 9.62. The van der Waals surface area contributed by atoms with E-state index in [1.165, 1.54) is 17.8 Å². The van der Waals surface area contributed by atoms with Gasteiger partial charge in [-0.2, -0.15) is 13.2 Å². The number of hydrogen-bond donors (Lipinski definition) is 0. The minimum absolute atomic E-state index is 0.205. The van der Waals surface area contributed by atoms with Gasteiger partial charge in [0.05, 0.1) is 22.2 Å². The average Bonchev–Trinajstić information content (AvgIpc) is 2.73. The number of nitrogens with zero attached hydrogens (tertiary/aromatic N) is 2. The van der Waals surface area contributed by atoms with Crippen molar-refractivity contribution in [3.63, 3.8) is 0 Å². The van der Waals surface area contributed by atoms with Gasteiger partial charge in [-0.1, -0.05) is 59.8 Å². The van der Waals surface area contributed by atoms with Gasteiger partial charge in [0.2, 0.25) is 0 Å². The van der Waals surface area contributed by atoms with Crippen molar-refractivity contribution in [1.82, 2.24) is 9.55 Å². The van der Waals surface area contributed by atoms with Gasteiger partial charge in [0.1, 0.15) is 0 Å². The number of fused-ring (bicyclic) bond motifs is 1. The van der Waals surface area contributed by atoms with Crippen LogP contribution in [0.4, 0.5) is 13.2 Å². The Morgan fingerprint density at radius 2 is 1.74 bits per heavy atom. The van der Waals surface area contributed by atoms with Crippen molar-refractivity contribution in [2.24, 2.45) is 0 Å². The smallest absolute Gasteiger partial charge is 0.268 e. The van der Waals surface area contributed by atoms with Crippen LogP contribution in [0, 0.1) is 13.8 Å². The van der Waals surface area contributed by atoms with E-state index in [1.54, 1.807) is 34.9 Å². The molecule has 7 heteroatoms. The molecule has 1 heterocycles. The van der Waals surface area contributed by atoms with E-state index in [9.17, 15) is 18.0 Å². The predicted molar refractivity (Wildman–Crippen MR) is 118 cm³/mol. The summed E-state index contributed by atoms with van der Waals surface area (Å²) >= 11 is 1.24. The molecule has 0 aliphatic carbocycles. The molecule has 4 aromatic rings. The molecule has 0 aliphatic heterocycles. The van der Waals surface area contributed by atoms with Gasteiger partial charge in [0, 0.05) is 5.75 Å². The summed E-state index contributed by atoms with van der Waals surface area (Å²) in [6.07, 6.45) is -4.40. The maximum Gasteiger partial charge on any atom is 0.416 e. The van der Waals surface area contributed by atoms with Crippen LogP contribution in [0.3, 0.4) is 0 Å². The highest BCUT2D eigenvalue weighted by atomic mass is 32.2. The molecule has 3 aromatic carbocycles. The number of alkyl halides is 3. The van der Waals surface area contributed by atoms with E-state index in [4.69, 9.17) is 0 Å². The van der Waals surface area contributed by atoms with Crippen molar-refractivity contribution in [2.75, 3.05) is 0 Å². The van der Waals surface area contributed by atoms with Crippen LogP contribution in [0.15, 0.2) is 76.7 Å². The Bertz CT molecular complexity index is 1330. The molecule has 31 heavy (non-hydrogen) atoms. The van der Waals surface area contributed by atoms with E-state index in [-0.39, 0.29) is 11.3 Å². The molecule has 0 bridgehead atoms. The molecule has 3 nitrogen and oxygen atoms in total. The van der Waals surface area contributed by atoms with Gasteiger partial charge in [0.25, 0.3) is 5.56 Å². The van der Waals surface area contributed by atoms with Crippen molar-refractivity contribution in [3.05, 3.63) is 99.3 Å². The average molecular weight is 440 g/mol. The first-order chi connectivity index (χ1) is 14.7. The van der Waals surface area contributed by atoms with Crippen LogP contribution in [-0.2, 0) is 11.9 Å². The lowest BCUT2D eigenvalue weighted by molar-refractivity contribution is -0.137. The highest BCUT2D eigenvalue weighted by Crippen LogP contribution is 2.31. The third kappa shape index (κ3) is 4.37. The summed E-state index contributed by atoms with van der Waals surface area (Å²) in [6, 6.07) is 18.1. The van der Waals surface area contributed by atoms with E-state index in [0.717, 1.165) is 23.3 Å². The molecule has 1 aromatic heterocycles. The largest absolute Gasteiger partial charge is 0.416 e. The summed E-state index contributed by atoms with van der Waals surface area (Å²) < 4.78 is 40.7. The minimum atomic E-state index is -4.40. The number of benzene rings is 3. The van der Waals surface area contributed by atoms with Crippen molar-refractivity contribution in [1.29, 1.82) is 0 Å². The lowest BCUT2D eigenvalue weighted by Gasteiger charge is -2.16. The second kappa shape index (κ2) is 8.23. The van der Waals surface area contributed by atoms with Gasteiger partial charge >= 0.3 is 6.18 Å². The molecule has 0 amide bonds. The minimum Gasteiger partial charge on any atom is -0.268 e. The summed E-state index contributed by atoms with van der Waals surface area (Å²) in [5.41, 5.74) is 2.86. The van der Waals surface area contributed by atoms with E-state index >= 15 is 0 Å². The zero-order valence-corrected chi connectivity index (χ0v) is 17.7. The van der Waals surface area contributed by atoms with Crippen LogP contribution in [0.1, 0.15) is 22.3 Å². The number of aromatic nitrogens is 2. The number of halogens is 3. The number of hydrogen-bond acceptors (Lipinski definition) is 3. The zero-order chi connectivity index (χ0) is 22.2. The third-order valence-corrected chi connectivity index (χ3v) is 5.97. The molecule has 0 aliphatic rings. The van der Waals surface area contributed by atoms with E-state index < -0.39 is 11.7 Å². The third-order valence-electron chi connectivity index (χ3n) is 4.96. The molecule has 0 radical (unpaired) electrons. The maximum absolute atomic E-state index is 13.3. The SMILES string of the molecule is Cc1ccc(-n2c(SCc3cccc(C(F)(F)F)c3)nc3ccccc3c2=O)c(C)c1. The second-order valence-corrected chi connectivity index (χ2v) is 8.27. The summed E-state index contributed by atoms with van der Waals surface area (Å²) in [5.74, 6) is 0.250. The van der Waals surface area contributed by atoms with Crippen LogP contribution >= 0.6 is 11.8 Å². The van der Waals surface area contributed by atoms with E-state index in [0.29, 0.717) is 27.3 Å². The number of thioether (sulfide) groups is 1. The molecule has 158 valence electrons. The van der Waals surface area contributed by atoms with Crippen LogP contribution in [0.2, 0.25) is 0 Å². The topological polar surface area (TPSA) is 34.9 Å². The summed E-state index contributed by atoms with van der Waals surface area (Å²) in [4.78, 5) is 18.0. The monoisotopic (exact) mass is 440 g/mol. The van der Waals surface area contributed by atoms with Gasteiger partial charge in [0.15, 0.2) is 5.16 Å². The lowest BCUT2D eigenvalue weighted by Crippen LogP contribution is -2.22. The molecular formula is C24H19F3N2OS. The van der Waals surface area contributed by atoms with Crippen LogP contribution in [0.5, 0.6) is 0 Å². The Morgan fingerprint density at radius 3 is 2.48 bits per heavy atom. The molecule has 0 N–H and O–H groups in total. The summed E-state index contributed by atoms with van der Waals surface area (Å²) in [7, 11) is 0. The summed E-state index contributed by atoms with van der Waals surface area (Å²) in [6.45, 7) is 3.90. The van der Waals surface area contributed by atoms with E-state index in [1.807, 2.05) is 32.0 Å². The molecule has 0 saturated heterocycles. The first-order valence-corrected chi connectivity index (χ1v) is 10.6. The maximum atomic E-state index is 13.3. The Labute approximate surface area is 181 Å². The zero-order valence-electron chi connectivity index (χ0n) is 16.9. The van der Waals surface area contributed by atoms with Crippen molar-refractivity contribution in [3.8, 4) is 5.69 Å². The first kappa shape index (κ1) is 21.2. The van der Waals surface area contributed by atoms with Crippen LogP contribution in [-0.4, -0.2) is 9.55 Å². The molecular weight excluding hydrogens is 421 g/mol. The standard InChI is InChI=1S/C24H19F3N2OS/c1-15-10-11-21(16(2)12-15)29-22(30)19-8-3-4-9-20(19)28-23(29)31-14-17-6-5-7-18(13-17)24(25,26)27/h3-13H,14H2,1-2H3. The van der Waals surface area contributed by atoms with Crippen LogP contribution < -0.4 is 5.56 Å². The highest BCUT2D eigenvalue weighted by Gasteiger charge is 2.30. The van der Waals surface area contributed by atoms with Gasteiger partial charge in [-0.3, -0.25) is 9.36 Å². The summed E-state index contributed by atoms with van der Waals surface area (Å²) in [5, 5.41) is 0.930. The van der Waals surface area contributed by atoms with E-state index in [2.05, 4.69) is 4.98 Å². The van der Waals surface area contributed by atoms with Crippen molar-refractivity contribution >= 4 is 22.7 Å². The fourth-order valence-electron chi connectivity index (χ4n) is 3.46.